The van der Waals surface area contributed by atoms with E-state index in [9.17, 15) is 0 Å². The summed E-state index contributed by atoms with van der Waals surface area (Å²) < 4.78 is 49.1. The second-order valence-electron chi connectivity index (χ2n) is 11.3. The van der Waals surface area contributed by atoms with Crippen molar-refractivity contribution in [2.24, 2.45) is 0 Å². The quantitative estimate of drug-likeness (QED) is 0.0835. The molecule has 0 heterocycles. The van der Waals surface area contributed by atoms with Crippen LogP contribution in [0.1, 0.15) is 57.4 Å². The topological polar surface area (TPSA) is 124 Å². The van der Waals surface area contributed by atoms with Gasteiger partial charge in [-0.1, -0.05) is 75.8 Å². The highest BCUT2D eigenvalue weighted by Crippen LogP contribution is 2.15. The van der Waals surface area contributed by atoms with Crippen LogP contribution < -0.4 is 4.74 Å². The molecule has 2 N–H and O–H groups in total. The maximum atomic E-state index is 8.63. The first kappa shape index (κ1) is 45.7. The van der Waals surface area contributed by atoms with Crippen LogP contribution in [0.25, 0.3) is 0 Å². The third kappa shape index (κ3) is 32.9. The van der Waals surface area contributed by atoms with E-state index in [4.69, 9.17) is 52.8 Å². The highest BCUT2D eigenvalue weighted by Gasteiger charge is 1.99. The maximum Gasteiger partial charge on any atom is 0.119 e. The molecule has 0 unspecified atom stereocenters. The summed E-state index contributed by atoms with van der Waals surface area (Å²) in [5.41, 5.74) is 1.38. The first-order valence-electron chi connectivity index (χ1n) is 18.4. The number of hydrogen-bond donors (Lipinski definition) is 2. The van der Waals surface area contributed by atoms with E-state index in [2.05, 4.69) is 31.2 Å². The molecule has 0 aliphatic rings. The van der Waals surface area contributed by atoms with Crippen LogP contribution in [-0.4, -0.2) is 129 Å². The van der Waals surface area contributed by atoms with Crippen molar-refractivity contribution < 1.29 is 52.8 Å². The van der Waals surface area contributed by atoms with E-state index in [1.165, 1.54) is 50.5 Å². The summed E-state index contributed by atoms with van der Waals surface area (Å²) in [6.45, 7) is 10.9. The Morgan fingerprint density at radius 3 is 1.18 bits per heavy atom. The summed E-state index contributed by atoms with van der Waals surface area (Å²) in [5.74, 6) is 1.21. The van der Waals surface area contributed by atoms with Crippen LogP contribution in [0.3, 0.4) is 0 Å². The van der Waals surface area contributed by atoms with E-state index in [0.29, 0.717) is 118 Å². The summed E-state index contributed by atoms with van der Waals surface area (Å²) in [6.07, 6.45) is 10.5. The maximum absolute atomic E-state index is 8.63. The number of phenols is 1. The molecule has 0 aromatic heterocycles. The molecule has 2 rings (SSSR count). The number of aliphatic hydroxyl groups is 1. The van der Waals surface area contributed by atoms with Gasteiger partial charge < -0.3 is 52.8 Å². The number of ether oxygens (including phenoxy) is 9. The Labute approximate surface area is 301 Å². The zero-order valence-electron chi connectivity index (χ0n) is 30.6. The van der Waals surface area contributed by atoms with Crippen molar-refractivity contribution in [2.75, 3.05) is 119 Å². The predicted molar refractivity (Wildman–Crippen MR) is 195 cm³/mol. The normalized spacial score (nSPS) is 11.0. The van der Waals surface area contributed by atoms with Crippen LogP contribution >= 0.6 is 0 Å². The van der Waals surface area contributed by atoms with Gasteiger partial charge in [0.15, 0.2) is 0 Å². The third-order valence-electron chi connectivity index (χ3n) is 7.08. The minimum absolute atomic E-state index is 0.0298. The molecule has 0 amide bonds. The number of hydrogen-bond acceptors (Lipinski definition) is 11. The van der Waals surface area contributed by atoms with Crippen LogP contribution in [0.4, 0.5) is 0 Å². The molecule has 11 nitrogen and oxygen atoms in total. The summed E-state index contributed by atoms with van der Waals surface area (Å²) in [6, 6.07) is 17.2. The van der Waals surface area contributed by atoms with E-state index in [-0.39, 0.29) is 6.61 Å². The zero-order valence-corrected chi connectivity index (χ0v) is 30.6. The largest absolute Gasteiger partial charge is 0.508 e. The van der Waals surface area contributed by atoms with Crippen molar-refractivity contribution in [3.05, 3.63) is 60.2 Å². The van der Waals surface area contributed by atoms with Crippen LogP contribution in [0, 0.1) is 0 Å². The van der Waals surface area contributed by atoms with Gasteiger partial charge in [-0.05, 0) is 42.7 Å². The molecule has 2 aromatic carbocycles. The molecule has 0 bridgehead atoms. The number of rotatable bonds is 35. The van der Waals surface area contributed by atoms with E-state index < -0.39 is 0 Å². The number of unbranched alkanes of at least 4 members (excludes halogenated alkanes) is 6. The molecule has 0 spiro atoms. The number of aromatic hydroxyl groups is 1. The molecule has 2 aromatic rings. The number of aliphatic hydroxyl groups excluding tert-OH is 1. The van der Waals surface area contributed by atoms with Gasteiger partial charge in [0.2, 0.25) is 0 Å². The SMILES string of the molecule is CCCCCCCCCc1ccc(OCCOCCOCCOCCOCCOCCOCCOCCOCCO)cc1.Oc1ccccc1. The fraction of sp³-hybridized carbons (Fsp3) is 0.692. The fourth-order valence-electron chi connectivity index (χ4n) is 4.39. The molecule has 0 fully saturated rings. The number of aryl methyl sites for hydroxylation is 1. The van der Waals surface area contributed by atoms with Gasteiger partial charge in [0, 0.05) is 0 Å². The molecule has 50 heavy (non-hydrogen) atoms. The van der Waals surface area contributed by atoms with Crippen LogP contribution in [0.5, 0.6) is 11.5 Å². The van der Waals surface area contributed by atoms with Gasteiger partial charge in [0.05, 0.1) is 112 Å². The first-order valence-corrected chi connectivity index (χ1v) is 18.4. The lowest BCUT2D eigenvalue weighted by atomic mass is 10.0. The van der Waals surface area contributed by atoms with Gasteiger partial charge in [-0.25, -0.2) is 0 Å². The second kappa shape index (κ2) is 37.9. The van der Waals surface area contributed by atoms with Gasteiger partial charge in [-0.15, -0.1) is 0 Å². The minimum atomic E-state index is 0.0298. The van der Waals surface area contributed by atoms with Gasteiger partial charge in [-0.3, -0.25) is 0 Å². The average Bonchev–Trinajstić information content (AvgIpc) is 3.14. The zero-order chi connectivity index (χ0) is 35.8. The molecule has 0 atom stereocenters. The summed E-state index contributed by atoms with van der Waals surface area (Å²) in [4.78, 5) is 0. The van der Waals surface area contributed by atoms with E-state index >= 15 is 0 Å². The lowest BCUT2D eigenvalue weighted by Crippen LogP contribution is -2.15. The first-order chi connectivity index (χ1) is 24.8. The summed E-state index contributed by atoms with van der Waals surface area (Å²) in [7, 11) is 0. The second-order valence-corrected chi connectivity index (χ2v) is 11.3. The molecule has 0 saturated carbocycles. The van der Waals surface area contributed by atoms with Crippen molar-refractivity contribution in [3.63, 3.8) is 0 Å². The Kier molecular flexibility index (Phi) is 34.7. The lowest BCUT2D eigenvalue weighted by Gasteiger charge is -2.09. The van der Waals surface area contributed by atoms with Crippen molar-refractivity contribution >= 4 is 0 Å². The average molecular weight is 711 g/mol. The predicted octanol–water partition coefficient (Wildman–Crippen LogP) is 5.88. The monoisotopic (exact) mass is 710 g/mol. The Hall–Kier alpha value is -2.32. The summed E-state index contributed by atoms with van der Waals surface area (Å²) >= 11 is 0. The van der Waals surface area contributed by atoms with Crippen molar-refractivity contribution in [1.82, 2.24) is 0 Å². The van der Waals surface area contributed by atoms with Gasteiger partial charge in [0.25, 0.3) is 0 Å². The van der Waals surface area contributed by atoms with Gasteiger partial charge in [0.1, 0.15) is 18.1 Å². The van der Waals surface area contributed by atoms with Crippen molar-refractivity contribution in [3.8, 4) is 11.5 Å². The number of phenolic OH excluding ortho intramolecular Hbond substituents is 1. The molecule has 288 valence electrons. The van der Waals surface area contributed by atoms with Crippen molar-refractivity contribution in [1.29, 1.82) is 0 Å². The van der Waals surface area contributed by atoms with E-state index in [0.717, 1.165) is 12.2 Å². The molecular weight excluding hydrogens is 644 g/mol. The Balaban J connectivity index is 0.00000158. The number of para-hydroxylation sites is 1. The third-order valence-corrected chi connectivity index (χ3v) is 7.08. The molecule has 0 radical (unpaired) electrons. The molecule has 0 aliphatic carbocycles. The molecule has 11 heteroatoms. The Bertz CT molecular complexity index is 918. The smallest absolute Gasteiger partial charge is 0.119 e. The van der Waals surface area contributed by atoms with Crippen LogP contribution in [0.2, 0.25) is 0 Å². The Morgan fingerprint density at radius 2 is 0.800 bits per heavy atom. The van der Waals surface area contributed by atoms with E-state index in [1.54, 1.807) is 24.3 Å². The fourth-order valence-corrected chi connectivity index (χ4v) is 4.39. The lowest BCUT2D eigenvalue weighted by molar-refractivity contribution is -0.0242. The highest BCUT2D eigenvalue weighted by molar-refractivity contribution is 5.27. The van der Waals surface area contributed by atoms with Gasteiger partial charge >= 0.3 is 0 Å². The van der Waals surface area contributed by atoms with Crippen molar-refractivity contribution in [2.45, 2.75) is 58.3 Å². The van der Waals surface area contributed by atoms with E-state index in [1.807, 2.05) is 6.07 Å². The highest BCUT2D eigenvalue weighted by atomic mass is 16.6. The van der Waals surface area contributed by atoms with Crippen LogP contribution in [-0.2, 0) is 44.3 Å². The minimum Gasteiger partial charge on any atom is -0.508 e. The van der Waals surface area contributed by atoms with Crippen LogP contribution in [0.15, 0.2) is 54.6 Å². The Morgan fingerprint density at radius 1 is 0.420 bits per heavy atom. The molecule has 0 saturated heterocycles. The summed E-state index contributed by atoms with van der Waals surface area (Å²) in [5, 5.41) is 17.2. The molecule has 0 aliphatic heterocycles. The van der Waals surface area contributed by atoms with Gasteiger partial charge in [-0.2, -0.15) is 0 Å². The number of benzene rings is 2. The molecular formula is C39H66O11. The standard InChI is InChI=1S/C33H60O10.C6H6O/c1-2-3-4-5-6-7-8-9-32-10-12-33(13-11-32)43-31-30-42-29-28-41-27-26-40-25-24-39-23-22-38-21-20-37-19-18-36-17-16-35-15-14-34;7-6-4-2-1-3-5-6/h10-13,34H,2-9,14-31H2,1H3;1-5,7H.